The highest BCUT2D eigenvalue weighted by molar-refractivity contribution is 7.87. The molecule has 0 aliphatic rings. The number of nitrogens with zero attached hydrogens (tertiary/aromatic N) is 4. The molecule has 0 fully saturated rings. The van der Waals surface area contributed by atoms with Crippen molar-refractivity contribution in [2.75, 3.05) is 14.1 Å². The fourth-order valence-electron chi connectivity index (χ4n) is 2.35. The molecule has 23 heavy (non-hydrogen) atoms. The van der Waals surface area contributed by atoms with Gasteiger partial charge in [-0.15, -0.1) is 0 Å². The quantitative estimate of drug-likeness (QED) is 0.696. The van der Waals surface area contributed by atoms with Crippen LogP contribution in [-0.4, -0.2) is 42.5 Å². The van der Waals surface area contributed by atoms with Crippen molar-refractivity contribution >= 4 is 16.9 Å². The fourth-order valence-corrected chi connectivity index (χ4v) is 3.32. The van der Waals surface area contributed by atoms with Gasteiger partial charge in [-0.25, -0.2) is 8.96 Å². The highest BCUT2D eigenvalue weighted by Crippen LogP contribution is 2.23. The first kappa shape index (κ1) is 17.4. The predicted molar refractivity (Wildman–Crippen MR) is 91.9 cm³/mol. The van der Waals surface area contributed by atoms with Crippen LogP contribution in [0.5, 0.6) is 0 Å². The first-order chi connectivity index (χ1) is 11.0. The number of rotatable bonds is 8. The molecule has 124 valence electrons. The van der Waals surface area contributed by atoms with Crippen LogP contribution in [0.2, 0.25) is 0 Å². The summed E-state index contributed by atoms with van der Waals surface area (Å²) in [6, 6.07) is 9.81. The van der Waals surface area contributed by atoms with Crippen molar-refractivity contribution in [3.63, 3.8) is 0 Å². The normalized spacial score (nSPS) is 13.2. The summed E-state index contributed by atoms with van der Waals surface area (Å²) in [4.78, 5) is 8.26. The monoisotopic (exact) mass is 334 g/mol. The summed E-state index contributed by atoms with van der Waals surface area (Å²) in [6.45, 7) is 3.60. The molecule has 0 aliphatic heterocycles. The molecule has 0 bridgehead atoms. The average Bonchev–Trinajstić information content (AvgIpc) is 3.02. The second-order valence-electron chi connectivity index (χ2n) is 5.45. The molecule has 2 rings (SSSR count). The van der Waals surface area contributed by atoms with Crippen molar-refractivity contribution in [1.82, 2.24) is 13.3 Å². The van der Waals surface area contributed by atoms with Crippen LogP contribution in [0.15, 0.2) is 47.7 Å². The highest BCUT2D eigenvalue weighted by Gasteiger charge is 2.24. The van der Waals surface area contributed by atoms with Gasteiger partial charge in [-0.2, -0.15) is 12.7 Å². The van der Waals surface area contributed by atoms with E-state index < -0.39 is 10.2 Å². The van der Waals surface area contributed by atoms with Gasteiger partial charge in [0, 0.05) is 26.5 Å². The minimum Gasteiger partial charge on any atom is -0.290 e. The molecule has 7 heteroatoms. The van der Waals surface area contributed by atoms with Gasteiger partial charge in [0.1, 0.15) is 11.9 Å². The molecule has 1 unspecified atom stereocenters. The Kier molecular flexibility index (Phi) is 5.68. The lowest BCUT2D eigenvalue weighted by atomic mass is 10.0. The van der Waals surface area contributed by atoms with Gasteiger partial charge in [0.25, 0.3) is 0 Å². The summed E-state index contributed by atoms with van der Waals surface area (Å²) in [5, 5.41) is 0. The Morgan fingerprint density at radius 1 is 1.30 bits per heavy atom. The van der Waals surface area contributed by atoms with Crippen molar-refractivity contribution in [2.45, 2.75) is 25.3 Å². The van der Waals surface area contributed by atoms with Gasteiger partial charge in [0.15, 0.2) is 0 Å². The Morgan fingerprint density at radius 2 is 2.00 bits per heavy atom. The zero-order valence-corrected chi connectivity index (χ0v) is 14.3. The van der Waals surface area contributed by atoms with Crippen LogP contribution >= 0.6 is 0 Å². The Bertz CT molecular complexity index is 738. The third-order valence-corrected chi connectivity index (χ3v) is 5.38. The zero-order chi connectivity index (χ0) is 16.9. The molecule has 1 aromatic carbocycles. The van der Waals surface area contributed by atoms with Crippen LogP contribution in [0.4, 0.5) is 0 Å². The molecule has 1 aromatic heterocycles. The SMILES string of the molecule is C=NC(CCCc1ccccc1)c1nccn1S(=O)(=O)N(C)C. The second-order valence-corrected chi connectivity index (χ2v) is 7.47. The Hall–Kier alpha value is -1.99. The van der Waals surface area contributed by atoms with E-state index in [1.54, 1.807) is 0 Å². The number of aliphatic imine (C=N–C) groups is 1. The topological polar surface area (TPSA) is 67.6 Å². The molecule has 0 amide bonds. The lowest BCUT2D eigenvalue weighted by Crippen LogP contribution is -2.30. The largest absolute Gasteiger partial charge is 0.308 e. The molecule has 0 N–H and O–H groups in total. The van der Waals surface area contributed by atoms with Gasteiger partial charge in [0.2, 0.25) is 0 Å². The summed E-state index contributed by atoms with van der Waals surface area (Å²) in [7, 11) is -0.615. The standard InChI is InChI=1S/C16H22N4O2S/c1-17-15(11-7-10-14-8-5-4-6-9-14)16-18-12-13-20(16)23(21,22)19(2)3/h4-6,8-9,12-13,15H,1,7,10-11H2,2-3H3. The van der Waals surface area contributed by atoms with Gasteiger partial charge >= 0.3 is 10.2 Å². The summed E-state index contributed by atoms with van der Waals surface area (Å²) < 4.78 is 27.0. The molecule has 0 aliphatic carbocycles. The molecule has 1 atom stereocenters. The Morgan fingerprint density at radius 3 is 2.61 bits per heavy atom. The van der Waals surface area contributed by atoms with Crippen molar-refractivity contribution in [1.29, 1.82) is 0 Å². The highest BCUT2D eigenvalue weighted by atomic mass is 32.2. The Labute approximate surface area is 137 Å². The van der Waals surface area contributed by atoms with Crippen LogP contribution in [0.1, 0.15) is 30.3 Å². The lowest BCUT2D eigenvalue weighted by Gasteiger charge is -2.17. The predicted octanol–water partition coefficient (Wildman–Crippen LogP) is 2.30. The van der Waals surface area contributed by atoms with E-state index in [1.165, 1.54) is 36.0 Å². The second kappa shape index (κ2) is 7.52. The molecule has 0 spiro atoms. The third kappa shape index (κ3) is 4.05. The van der Waals surface area contributed by atoms with E-state index in [9.17, 15) is 8.42 Å². The van der Waals surface area contributed by atoms with Crippen LogP contribution < -0.4 is 0 Å². The van der Waals surface area contributed by atoms with Gasteiger partial charge in [-0.1, -0.05) is 30.3 Å². The lowest BCUT2D eigenvalue weighted by molar-refractivity contribution is 0.501. The maximum absolute atomic E-state index is 12.3. The van der Waals surface area contributed by atoms with E-state index in [2.05, 4.69) is 28.8 Å². The minimum absolute atomic E-state index is 0.344. The van der Waals surface area contributed by atoms with Crippen molar-refractivity contribution in [2.24, 2.45) is 4.99 Å². The summed E-state index contributed by atoms with van der Waals surface area (Å²) in [5.41, 5.74) is 1.25. The fraction of sp³-hybridized carbons (Fsp3) is 0.375. The van der Waals surface area contributed by atoms with E-state index in [4.69, 9.17) is 0 Å². The number of benzene rings is 1. The van der Waals surface area contributed by atoms with Gasteiger partial charge < -0.3 is 0 Å². The van der Waals surface area contributed by atoms with E-state index in [-0.39, 0.29) is 6.04 Å². The number of aryl methyl sites for hydroxylation is 1. The number of hydrogen-bond donors (Lipinski definition) is 0. The average molecular weight is 334 g/mol. The number of hydrogen-bond acceptors (Lipinski definition) is 4. The molecular formula is C16H22N4O2S. The zero-order valence-electron chi connectivity index (χ0n) is 13.5. The minimum atomic E-state index is -3.60. The maximum atomic E-state index is 12.3. The molecule has 6 nitrogen and oxygen atoms in total. The smallest absolute Gasteiger partial charge is 0.290 e. The van der Waals surface area contributed by atoms with E-state index in [0.717, 1.165) is 17.1 Å². The molecule has 0 radical (unpaired) electrons. The third-order valence-electron chi connectivity index (χ3n) is 3.65. The molecule has 2 aromatic rings. The van der Waals surface area contributed by atoms with Gasteiger partial charge in [0.05, 0.1) is 0 Å². The summed E-state index contributed by atoms with van der Waals surface area (Å²) in [5.74, 6) is 0.404. The van der Waals surface area contributed by atoms with Crippen LogP contribution in [0.3, 0.4) is 0 Å². The van der Waals surface area contributed by atoms with E-state index in [1.807, 2.05) is 18.2 Å². The molecular weight excluding hydrogens is 312 g/mol. The van der Waals surface area contributed by atoms with E-state index >= 15 is 0 Å². The van der Waals surface area contributed by atoms with Crippen LogP contribution in [0, 0.1) is 0 Å². The molecule has 0 saturated heterocycles. The van der Waals surface area contributed by atoms with Crippen LogP contribution in [-0.2, 0) is 16.6 Å². The summed E-state index contributed by atoms with van der Waals surface area (Å²) in [6.07, 6.45) is 5.40. The van der Waals surface area contributed by atoms with E-state index in [0.29, 0.717) is 12.2 Å². The van der Waals surface area contributed by atoms with Crippen molar-refractivity contribution < 1.29 is 8.42 Å². The van der Waals surface area contributed by atoms with Crippen molar-refractivity contribution in [3.8, 4) is 0 Å². The Balaban J connectivity index is 2.10. The first-order valence-electron chi connectivity index (χ1n) is 7.43. The first-order valence-corrected chi connectivity index (χ1v) is 8.82. The van der Waals surface area contributed by atoms with Gasteiger partial charge in [-0.3, -0.25) is 4.99 Å². The van der Waals surface area contributed by atoms with Crippen molar-refractivity contribution in [3.05, 3.63) is 54.1 Å². The number of aromatic nitrogens is 2. The summed E-state index contributed by atoms with van der Waals surface area (Å²) >= 11 is 0. The molecule has 1 heterocycles. The molecule has 0 saturated carbocycles. The maximum Gasteiger partial charge on any atom is 0.308 e. The van der Waals surface area contributed by atoms with Gasteiger partial charge in [-0.05, 0) is 31.5 Å². The van der Waals surface area contributed by atoms with Crippen LogP contribution in [0.25, 0.3) is 0 Å². The number of imidazole rings is 1.